The molecule has 1 heterocycles. The Morgan fingerprint density at radius 1 is 0.974 bits per heavy atom. The number of hydrogen-bond acceptors (Lipinski definition) is 7. The second-order valence-corrected chi connectivity index (χ2v) is 11.5. The van der Waals surface area contributed by atoms with Crippen LogP contribution in [0, 0.1) is 34.5 Å². The number of nitriles is 1. The second-order valence-electron chi connectivity index (χ2n) is 11.5. The zero-order valence-corrected chi connectivity index (χ0v) is 22.0. The summed E-state index contributed by atoms with van der Waals surface area (Å²) >= 11 is 0. The van der Waals surface area contributed by atoms with Crippen LogP contribution in [0.1, 0.15) is 48.8 Å². The van der Waals surface area contributed by atoms with Crippen molar-refractivity contribution in [1.82, 2.24) is 15.3 Å². The van der Waals surface area contributed by atoms with Gasteiger partial charge in [-0.05, 0) is 66.4 Å². The zero-order chi connectivity index (χ0) is 26.7. The molecule has 4 saturated carbocycles. The highest BCUT2D eigenvalue weighted by atomic mass is 16.5. The van der Waals surface area contributed by atoms with Crippen LogP contribution >= 0.6 is 0 Å². The highest BCUT2D eigenvalue weighted by Gasteiger charge is 2.55. The van der Waals surface area contributed by atoms with E-state index in [-0.39, 0.29) is 24.2 Å². The molecule has 3 unspecified atom stereocenters. The van der Waals surface area contributed by atoms with Crippen molar-refractivity contribution in [1.29, 1.82) is 5.26 Å². The largest absolute Gasteiger partial charge is 0.445 e. The summed E-state index contributed by atoms with van der Waals surface area (Å²) in [5.74, 6) is 2.67. The van der Waals surface area contributed by atoms with Crippen molar-refractivity contribution < 1.29 is 9.53 Å². The first-order valence-corrected chi connectivity index (χ1v) is 13.9. The van der Waals surface area contributed by atoms with Crippen LogP contribution in [0.2, 0.25) is 0 Å². The van der Waals surface area contributed by atoms with Crippen LogP contribution in [0.15, 0.2) is 66.9 Å². The van der Waals surface area contributed by atoms with Crippen LogP contribution in [0.3, 0.4) is 0 Å². The van der Waals surface area contributed by atoms with E-state index in [0.29, 0.717) is 41.6 Å². The molecule has 0 radical (unpaired) electrons. The lowest BCUT2D eigenvalue weighted by atomic mass is 9.48. The molecule has 4 aliphatic rings. The smallest absolute Gasteiger partial charge is 0.407 e. The number of rotatable bonds is 9. The van der Waals surface area contributed by atoms with E-state index in [1.54, 1.807) is 6.20 Å². The monoisotopic (exact) mass is 522 g/mol. The average molecular weight is 523 g/mol. The molecule has 2 aromatic carbocycles. The van der Waals surface area contributed by atoms with Crippen molar-refractivity contribution in [2.24, 2.45) is 23.2 Å². The summed E-state index contributed by atoms with van der Waals surface area (Å²) in [6, 6.07) is 22.3. The third-order valence-corrected chi connectivity index (χ3v) is 8.73. The summed E-state index contributed by atoms with van der Waals surface area (Å²) in [4.78, 5) is 21.6. The van der Waals surface area contributed by atoms with Gasteiger partial charge in [0.25, 0.3) is 0 Å². The highest BCUT2D eigenvalue weighted by molar-refractivity contribution is 5.67. The number of alkyl carbamates (subject to hydrolysis) is 1. The third kappa shape index (κ3) is 5.68. The molecule has 0 saturated heterocycles. The summed E-state index contributed by atoms with van der Waals surface area (Å²) in [6.07, 6.45) is 6.89. The standard InChI is InChI=1S/C31H34N6O2/c32-16-26-18-34-29(33-17-21-7-3-1-4-8-21)37-28(26)35-20-31-13-23-11-24(14-31)27(25(12-23)15-31)36-30(38)39-19-22-9-5-2-6-10-22/h1-10,18,23-25,27H,11-15,17,19-20H2,(H,36,38)(H2,33,34,35,37)/t23?,24-,25+,27?,31?. The number of hydrogen-bond donors (Lipinski definition) is 3. The lowest BCUT2D eigenvalue weighted by molar-refractivity contribution is -0.0683. The van der Waals surface area contributed by atoms with Gasteiger partial charge in [0, 0.05) is 19.1 Å². The third-order valence-electron chi connectivity index (χ3n) is 8.73. The molecule has 5 atom stereocenters. The fourth-order valence-corrected chi connectivity index (χ4v) is 7.28. The first-order valence-electron chi connectivity index (χ1n) is 13.9. The molecular formula is C31H34N6O2. The molecule has 0 spiro atoms. The average Bonchev–Trinajstić information content (AvgIpc) is 2.96. The number of aromatic nitrogens is 2. The van der Waals surface area contributed by atoms with Crippen molar-refractivity contribution in [2.75, 3.05) is 17.2 Å². The molecule has 4 aliphatic carbocycles. The number of carbonyl (C=O) groups excluding carboxylic acids is 1. The van der Waals surface area contributed by atoms with Crippen molar-refractivity contribution in [3.63, 3.8) is 0 Å². The number of anilines is 2. The number of amides is 1. The Labute approximate surface area is 229 Å². The van der Waals surface area contributed by atoms with E-state index in [0.717, 1.165) is 43.4 Å². The summed E-state index contributed by atoms with van der Waals surface area (Å²) in [5.41, 5.74) is 2.73. The number of nitrogens with one attached hydrogen (secondary N) is 3. The normalized spacial score (nSPS) is 26.4. The molecular weight excluding hydrogens is 488 g/mol. The Kier molecular flexibility index (Phi) is 7.06. The van der Waals surface area contributed by atoms with Gasteiger partial charge in [-0.25, -0.2) is 9.78 Å². The van der Waals surface area contributed by atoms with Crippen LogP contribution in [0.4, 0.5) is 16.6 Å². The van der Waals surface area contributed by atoms with E-state index in [1.807, 2.05) is 60.7 Å². The van der Waals surface area contributed by atoms with Crippen LogP contribution < -0.4 is 16.0 Å². The van der Waals surface area contributed by atoms with Crippen molar-refractivity contribution >= 4 is 17.9 Å². The molecule has 7 rings (SSSR count). The minimum absolute atomic E-state index is 0.151. The van der Waals surface area contributed by atoms with Crippen LogP contribution in [0.25, 0.3) is 0 Å². The van der Waals surface area contributed by atoms with E-state index >= 15 is 0 Å². The maximum absolute atomic E-state index is 12.6. The molecule has 4 bridgehead atoms. The van der Waals surface area contributed by atoms with E-state index in [2.05, 4.69) is 32.0 Å². The van der Waals surface area contributed by atoms with Gasteiger partial charge in [-0.15, -0.1) is 0 Å². The van der Waals surface area contributed by atoms with Crippen molar-refractivity contribution in [3.05, 3.63) is 83.6 Å². The first-order chi connectivity index (χ1) is 19.1. The zero-order valence-electron chi connectivity index (χ0n) is 22.0. The Morgan fingerprint density at radius 2 is 1.67 bits per heavy atom. The minimum Gasteiger partial charge on any atom is -0.445 e. The Bertz CT molecular complexity index is 1330. The molecule has 4 fully saturated rings. The van der Waals surface area contributed by atoms with E-state index in [1.165, 1.54) is 6.42 Å². The quantitative estimate of drug-likeness (QED) is 0.340. The Hall–Kier alpha value is -4.12. The van der Waals surface area contributed by atoms with Gasteiger partial charge in [-0.1, -0.05) is 60.7 Å². The topological polar surface area (TPSA) is 112 Å². The van der Waals surface area contributed by atoms with E-state index in [9.17, 15) is 10.1 Å². The molecule has 0 aliphatic heterocycles. The lowest BCUT2D eigenvalue weighted by Crippen LogP contribution is -2.60. The maximum Gasteiger partial charge on any atom is 0.407 e. The number of benzene rings is 2. The summed E-state index contributed by atoms with van der Waals surface area (Å²) in [6.45, 7) is 1.67. The first kappa shape index (κ1) is 25.2. The van der Waals surface area contributed by atoms with E-state index in [4.69, 9.17) is 4.74 Å². The van der Waals surface area contributed by atoms with Gasteiger partial charge < -0.3 is 20.7 Å². The van der Waals surface area contributed by atoms with Gasteiger partial charge >= 0.3 is 6.09 Å². The van der Waals surface area contributed by atoms with Gasteiger partial charge in [0.2, 0.25) is 5.95 Å². The van der Waals surface area contributed by atoms with Gasteiger partial charge in [-0.3, -0.25) is 0 Å². The lowest BCUT2D eigenvalue weighted by Gasteiger charge is -2.60. The predicted octanol–water partition coefficient (Wildman–Crippen LogP) is 5.49. The summed E-state index contributed by atoms with van der Waals surface area (Å²) in [5, 5.41) is 19.7. The summed E-state index contributed by atoms with van der Waals surface area (Å²) < 4.78 is 5.54. The molecule has 39 heavy (non-hydrogen) atoms. The van der Waals surface area contributed by atoms with Crippen LogP contribution in [-0.4, -0.2) is 28.6 Å². The molecule has 3 N–H and O–H groups in total. The SMILES string of the molecule is N#Cc1cnc(NCc2ccccc2)nc1NCC12CC3C[C@H](C1)C(NC(=O)OCc1ccccc1)[C@@H](C3)C2. The highest BCUT2D eigenvalue weighted by Crippen LogP contribution is 2.60. The molecule has 200 valence electrons. The molecule has 3 aromatic rings. The fourth-order valence-electron chi connectivity index (χ4n) is 7.28. The molecule has 8 heteroatoms. The minimum atomic E-state index is -0.321. The molecule has 8 nitrogen and oxygen atoms in total. The number of carbonyl (C=O) groups is 1. The van der Waals surface area contributed by atoms with Gasteiger partial charge in [0.1, 0.15) is 24.1 Å². The summed E-state index contributed by atoms with van der Waals surface area (Å²) in [7, 11) is 0. The Morgan fingerprint density at radius 3 is 2.36 bits per heavy atom. The van der Waals surface area contributed by atoms with Gasteiger partial charge in [0.15, 0.2) is 0 Å². The second kappa shape index (κ2) is 10.9. The van der Waals surface area contributed by atoms with Crippen molar-refractivity contribution in [2.45, 2.75) is 51.3 Å². The predicted molar refractivity (Wildman–Crippen MR) is 149 cm³/mol. The van der Waals surface area contributed by atoms with Gasteiger partial charge in [0.05, 0.1) is 6.20 Å². The maximum atomic E-state index is 12.6. The van der Waals surface area contributed by atoms with Crippen LogP contribution in [0.5, 0.6) is 0 Å². The van der Waals surface area contributed by atoms with E-state index < -0.39 is 0 Å². The molecule has 1 aromatic heterocycles. The number of nitrogens with zero attached hydrogens (tertiary/aromatic N) is 3. The fraction of sp³-hybridized carbons (Fsp3) is 0.419. The molecule has 1 amide bonds. The van der Waals surface area contributed by atoms with Crippen LogP contribution in [-0.2, 0) is 17.9 Å². The van der Waals surface area contributed by atoms with Crippen molar-refractivity contribution in [3.8, 4) is 6.07 Å². The Balaban J connectivity index is 1.07. The van der Waals surface area contributed by atoms with Gasteiger partial charge in [-0.2, -0.15) is 10.2 Å². The number of ether oxygens (including phenoxy) is 1.